The van der Waals surface area contributed by atoms with Crippen LogP contribution in [0.5, 0.6) is 0 Å². The van der Waals surface area contributed by atoms with Gasteiger partial charge < -0.3 is 9.73 Å². The van der Waals surface area contributed by atoms with E-state index in [4.69, 9.17) is 16.6 Å². The van der Waals surface area contributed by atoms with Crippen LogP contribution in [0.1, 0.15) is 12.5 Å². The van der Waals surface area contributed by atoms with Gasteiger partial charge in [-0.2, -0.15) is 0 Å². The summed E-state index contributed by atoms with van der Waals surface area (Å²) in [7, 11) is 0. The van der Waals surface area contributed by atoms with E-state index in [1.807, 2.05) is 47.0 Å². The highest BCUT2D eigenvalue weighted by Gasteiger charge is 2.20. The van der Waals surface area contributed by atoms with Gasteiger partial charge in [0.25, 0.3) is 4.84 Å². The molecule has 0 saturated carbocycles. The molecule has 1 N–H and O–H groups in total. The second kappa shape index (κ2) is 8.90. The molecule has 1 aliphatic rings. The summed E-state index contributed by atoms with van der Waals surface area (Å²) in [5.41, 5.74) is 3.92. The van der Waals surface area contributed by atoms with Crippen molar-refractivity contribution in [1.29, 1.82) is 0 Å². The minimum Gasteiger partial charge on any atom is -0.429 e. The number of nitrogens with zero attached hydrogens (tertiary/aromatic N) is 3. The SMILES string of the molecule is CCc1ccccc1NC(=O)CN1CCN(Cn2c(=S)oc3ccccc32)CC1. The number of para-hydroxylation sites is 3. The number of rotatable bonds is 6. The minimum absolute atomic E-state index is 0.0439. The predicted molar refractivity (Wildman–Crippen MR) is 118 cm³/mol. The van der Waals surface area contributed by atoms with Crippen LogP contribution in [0.15, 0.2) is 52.9 Å². The lowest BCUT2D eigenvalue weighted by Gasteiger charge is -2.34. The van der Waals surface area contributed by atoms with Crippen molar-refractivity contribution in [1.82, 2.24) is 14.4 Å². The Morgan fingerprint density at radius 1 is 1.03 bits per heavy atom. The van der Waals surface area contributed by atoms with Gasteiger partial charge in [-0.15, -0.1) is 0 Å². The lowest BCUT2D eigenvalue weighted by atomic mass is 10.1. The van der Waals surface area contributed by atoms with Crippen LogP contribution in [0.25, 0.3) is 11.1 Å². The van der Waals surface area contributed by atoms with Gasteiger partial charge in [0.15, 0.2) is 5.58 Å². The van der Waals surface area contributed by atoms with Gasteiger partial charge in [-0.05, 0) is 42.4 Å². The van der Waals surface area contributed by atoms with Crippen molar-refractivity contribution in [3.8, 4) is 0 Å². The van der Waals surface area contributed by atoms with E-state index in [-0.39, 0.29) is 5.91 Å². The molecule has 1 fully saturated rings. The molecule has 1 saturated heterocycles. The summed E-state index contributed by atoms with van der Waals surface area (Å²) in [6.07, 6.45) is 0.903. The van der Waals surface area contributed by atoms with Crippen molar-refractivity contribution in [3.63, 3.8) is 0 Å². The molecule has 29 heavy (non-hydrogen) atoms. The number of piperazine rings is 1. The molecule has 0 bridgehead atoms. The van der Waals surface area contributed by atoms with Crippen LogP contribution in [0, 0.1) is 4.84 Å². The zero-order valence-corrected chi connectivity index (χ0v) is 17.5. The van der Waals surface area contributed by atoms with E-state index in [9.17, 15) is 4.79 Å². The zero-order valence-electron chi connectivity index (χ0n) is 16.6. The quantitative estimate of drug-likeness (QED) is 0.628. The number of anilines is 1. The van der Waals surface area contributed by atoms with Gasteiger partial charge in [-0.1, -0.05) is 37.3 Å². The van der Waals surface area contributed by atoms with Crippen LogP contribution in [0.4, 0.5) is 5.69 Å². The zero-order chi connectivity index (χ0) is 20.2. The Morgan fingerprint density at radius 2 is 1.72 bits per heavy atom. The summed E-state index contributed by atoms with van der Waals surface area (Å²) in [5, 5.41) is 3.06. The summed E-state index contributed by atoms with van der Waals surface area (Å²) in [4.78, 5) is 17.5. The van der Waals surface area contributed by atoms with Gasteiger partial charge >= 0.3 is 0 Å². The molecule has 1 aliphatic heterocycles. The lowest BCUT2D eigenvalue weighted by Crippen LogP contribution is -2.48. The van der Waals surface area contributed by atoms with Gasteiger partial charge in [0.2, 0.25) is 5.91 Å². The Hall–Kier alpha value is -2.48. The van der Waals surface area contributed by atoms with Crippen molar-refractivity contribution in [2.45, 2.75) is 20.0 Å². The van der Waals surface area contributed by atoms with Crippen LogP contribution in [-0.4, -0.2) is 53.0 Å². The first kappa shape index (κ1) is 19.8. The summed E-state index contributed by atoms with van der Waals surface area (Å²) in [5.74, 6) is 0.0439. The van der Waals surface area contributed by atoms with Crippen LogP contribution >= 0.6 is 12.2 Å². The van der Waals surface area contributed by atoms with Gasteiger partial charge in [0.05, 0.1) is 18.7 Å². The summed E-state index contributed by atoms with van der Waals surface area (Å²) in [6, 6.07) is 15.9. The second-order valence-corrected chi connectivity index (χ2v) is 7.71. The third-order valence-electron chi connectivity index (χ3n) is 5.42. The number of nitrogens with one attached hydrogen (secondary N) is 1. The number of hydrogen-bond acceptors (Lipinski definition) is 5. The van der Waals surface area contributed by atoms with Crippen molar-refractivity contribution in [2.24, 2.45) is 0 Å². The molecule has 2 aromatic carbocycles. The number of aryl methyl sites for hydroxylation is 1. The summed E-state index contributed by atoms with van der Waals surface area (Å²) in [6.45, 7) is 6.71. The van der Waals surface area contributed by atoms with Gasteiger partial charge in [0, 0.05) is 31.9 Å². The summed E-state index contributed by atoms with van der Waals surface area (Å²) < 4.78 is 7.71. The highest BCUT2D eigenvalue weighted by atomic mass is 32.1. The number of benzene rings is 2. The highest BCUT2D eigenvalue weighted by molar-refractivity contribution is 7.71. The standard InChI is InChI=1S/C22H26N4O2S/c1-2-17-7-3-4-8-18(17)23-21(27)15-24-11-13-25(14-12-24)16-26-19-9-5-6-10-20(19)28-22(26)29/h3-10H,2,11-16H2,1H3,(H,23,27). The number of aromatic nitrogens is 1. The molecule has 4 rings (SSSR count). The first-order valence-corrected chi connectivity index (χ1v) is 10.5. The van der Waals surface area contributed by atoms with Crippen LogP contribution in [-0.2, 0) is 17.9 Å². The van der Waals surface area contributed by atoms with E-state index < -0.39 is 0 Å². The Labute approximate surface area is 175 Å². The fraction of sp³-hybridized carbons (Fsp3) is 0.364. The Balaban J connectivity index is 1.31. The predicted octanol–water partition coefficient (Wildman–Crippen LogP) is 3.74. The smallest absolute Gasteiger partial charge is 0.270 e. The van der Waals surface area contributed by atoms with E-state index in [0.29, 0.717) is 18.1 Å². The van der Waals surface area contributed by atoms with Crippen molar-refractivity contribution in [2.75, 3.05) is 38.0 Å². The van der Waals surface area contributed by atoms with E-state index in [1.54, 1.807) is 0 Å². The van der Waals surface area contributed by atoms with Crippen LogP contribution in [0.3, 0.4) is 0 Å². The molecule has 1 amide bonds. The molecule has 3 aromatic rings. The number of oxazole rings is 1. The largest absolute Gasteiger partial charge is 0.429 e. The number of carbonyl (C=O) groups is 1. The topological polar surface area (TPSA) is 53.7 Å². The number of hydrogen-bond donors (Lipinski definition) is 1. The molecule has 0 aliphatic carbocycles. The third-order valence-corrected chi connectivity index (χ3v) is 5.72. The number of amides is 1. The van der Waals surface area contributed by atoms with E-state index in [1.165, 1.54) is 0 Å². The minimum atomic E-state index is 0.0439. The van der Waals surface area contributed by atoms with E-state index in [0.717, 1.165) is 55.0 Å². The third kappa shape index (κ3) is 4.58. The molecule has 1 aromatic heterocycles. The Kier molecular flexibility index (Phi) is 6.08. The van der Waals surface area contributed by atoms with Crippen LogP contribution in [0.2, 0.25) is 0 Å². The number of fused-ring (bicyclic) bond motifs is 1. The highest BCUT2D eigenvalue weighted by Crippen LogP contribution is 2.18. The molecule has 0 spiro atoms. The molecule has 152 valence electrons. The van der Waals surface area contributed by atoms with Crippen LogP contribution < -0.4 is 5.32 Å². The number of carbonyl (C=O) groups excluding carboxylic acids is 1. The first-order valence-electron chi connectivity index (χ1n) is 10.0. The molecule has 7 heteroatoms. The van der Waals surface area contributed by atoms with Crippen molar-refractivity contribution in [3.05, 3.63) is 58.9 Å². The average molecular weight is 411 g/mol. The molecular formula is C22H26N4O2S. The Morgan fingerprint density at radius 3 is 2.52 bits per heavy atom. The normalized spacial score (nSPS) is 15.6. The first-order chi connectivity index (χ1) is 14.1. The molecular weight excluding hydrogens is 384 g/mol. The maximum atomic E-state index is 12.5. The maximum Gasteiger partial charge on any atom is 0.270 e. The average Bonchev–Trinajstić information content (AvgIpc) is 3.05. The fourth-order valence-electron chi connectivity index (χ4n) is 3.78. The molecule has 6 nitrogen and oxygen atoms in total. The van der Waals surface area contributed by atoms with Gasteiger partial charge in [-0.3, -0.25) is 19.2 Å². The molecule has 0 unspecified atom stereocenters. The second-order valence-electron chi connectivity index (χ2n) is 7.36. The fourth-order valence-corrected chi connectivity index (χ4v) is 4.03. The van der Waals surface area contributed by atoms with Crippen molar-refractivity contribution < 1.29 is 9.21 Å². The Bertz CT molecular complexity index is 1050. The van der Waals surface area contributed by atoms with Crippen molar-refractivity contribution >= 4 is 34.9 Å². The van der Waals surface area contributed by atoms with Gasteiger partial charge in [-0.25, -0.2) is 0 Å². The monoisotopic (exact) mass is 410 g/mol. The summed E-state index contributed by atoms with van der Waals surface area (Å²) >= 11 is 5.39. The van der Waals surface area contributed by atoms with E-state index in [2.05, 4.69) is 28.1 Å². The van der Waals surface area contributed by atoms with Gasteiger partial charge in [0.1, 0.15) is 0 Å². The maximum absolute atomic E-state index is 12.5. The molecule has 0 radical (unpaired) electrons. The molecule has 0 atom stereocenters. The lowest BCUT2D eigenvalue weighted by molar-refractivity contribution is -0.117. The molecule has 2 heterocycles. The van der Waals surface area contributed by atoms with E-state index >= 15 is 0 Å².